The molecule has 27 heavy (non-hydrogen) atoms. The van der Waals surface area contributed by atoms with Gasteiger partial charge in [0.05, 0.1) is 23.4 Å². The van der Waals surface area contributed by atoms with E-state index >= 15 is 0 Å². The minimum Gasteiger partial charge on any atom is -0.399 e. The maximum Gasteiger partial charge on any atom is 0.194 e. The summed E-state index contributed by atoms with van der Waals surface area (Å²) in [5.74, 6) is -0.627. The normalized spacial score (nSPS) is 18.0. The molecule has 0 radical (unpaired) electrons. The summed E-state index contributed by atoms with van der Waals surface area (Å²) in [6.45, 7) is 1.97. The van der Waals surface area contributed by atoms with Gasteiger partial charge in [0.25, 0.3) is 0 Å². The molecule has 0 aromatic heterocycles. The first kappa shape index (κ1) is 18.3. The van der Waals surface area contributed by atoms with Crippen LogP contribution in [0.2, 0.25) is 5.02 Å². The second-order valence-electron chi connectivity index (χ2n) is 6.41. The average Bonchev–Trinajstić information content (AvgIpc) is 2.69. The van der Waals surface area contributed by atoms with Crippen molar-refractivity contribution in [3.8, 4) is 18.2 Å². The SMILES string of the molecule is Cc1ccc(C2=CC(c3ccc(Cl)cc3)C(C#N)(C#N)C(N)=C2C#N)cc1. The summed E-state index contributed by atoms with van der Waals surface area (Å²) in [6, 6.07) is 20.8. The Labute approximate surface area is 163 Å². The van der Waals surface area contributed by atoms with Crippen LogP contribution in [0.5, 0.6) is 0 Å². The summed E-state index contributed by atoms with van der Waals surface area (Å²) < 4.78 is 0. The summed E-state index contributed by atoms with van der Waals surface area (Å²) in [6.07, 6.45) is 1.79. The third kappa shape index (κ3) is 2.96. The molecule has 0 fully saturated rings. The lowest BCUT2D eigenvalue weighted by Crippen LogP contribution is -2.35. The molecule has 2 N–H and O–H groups in total. The minimum atomic E-state index is -1.66. The van der Waals surface area contributed by atoms with Crippen LogP contribution in [-0.2, 0) is 0 Å². The highest BCUT2D eigenvalue weighted by molar-refractivity contribution is 6.30. The maximum atomic E-state index is 9.85. The van der Waals surface area contributed by atoms with Gasteiger partial charge in [0.1, 0.15) is 6.07 Å². The van der Waals surface area contributed by atoms with Crippen LogP contribution >= 0.6 is 11.6 Å². The Morgan fingerprint density at radius 1 is 0.963 bits per heavy atom. The molecule has 0 saturated carbocycles. The number of nitrogens with zero attached hydrogens (tertiary/aromatic N) is 3. The van der Waals surface area contributed by atoms with Crippen LogP contribution < -0.4 is 5.73 Å². The highest BCUT2D eigenvalue weighted by Crippen LogP contribution is 2.48. The second-order valence-corrected chi connectivity index (χ2v) is 6.84. The molecule has 5 heteroatoms. The highest BCUT2D eigenvalue weighted by atomic mass is 35.5. The van der Waals surface area contributed by atoms with Gasteiger partial charge in [0.2, 0.25) is 0 Å². The molecule has 0 amide bonds. The summed E-state index contributed by atoms with van der Waals surface area (Å²) in [7, 11) is 0. The zero-order chi connectivity index (χ0) is 19.6. The molecule has 0 bridgehead atoms. The lowest BCUT2D eigenvalue weighted by molar-refractivity contribution is 0.534. The number of nitrogens with two attached hydrogens (primary N) is 1. The maximum absolute atomic E-state index is 9.85. The number of hydrogen-bond donors (Lipinski definition) is 1. The Balaban J connectivity index is 2.29. The molecule has 1 unspecified atom stereocenters. The number of hydrogen-bond acceptors (Lipinski definition) is 4. The Morgan fingerprint density at radius 3 is 2.07 bits per heavy atom. The van der Waals surface area contributed by atoms with E-state index in [1.165, 1.54) is 0 Å². The fourth-order valence-electron chi connectivity index (χ4n) is 3.28. The number of allylic oxidation sites excluding steroid dienone is 4. The molecule has 2 aromatic carbocycles. The zero-order valence-electron chi connectivity index (χ0n) is 14.6. The standard InChI is InChI=1S/C22H15ClN4/c1-14-2-4-15(5-3-14)18-10-20(16-6-8-17(23)9-7-16)22(12-25,13-26)21(27)19(18)11-24/h2-10,20H,27H2,1H3. The van der Waals surface area contributed by atoms with E-state index in [4.69, 9.17) is 17.3 Å². The van der Waals surface area contributed by atoms with Gasteiger partial charge in [-0.2, -0.15) is 15.8 Å². The molecule has 4 nitrogen and oxygen atoms in total. The Hall–Kier alpha value is -3.52. The van der Waals surface area contributed by atoms with Crippen molar-refractivity contribution in [3.05, 3.63) is 87.6 Å². The molecule has 2 aromatic rings. The summed E-state index contributed by atoms with van der Waals surface area (Å²) in [4.78, 5) is 0. The number of nitriles is 3. The first-order valence-corrected chi connectivity index (χ1v) is 8.62. The molecule has 0 aliphatic heterocycles. The van der Waals surface area contributed by atoms with Gasteiger partial charge < -0.3 is 5.73 Å². The fourth-order valence-corrected chi connectivity index (χ4v) is 3.41. The van der Waals surface area contributed by atoms with Crippen molar-refractivity contribution >= 4 is 17.2 Å². The van der Waals surface area contributed by atoms with Crippen LogP contribution in [0.4, 0.5) is 0 Å². The largest absolute Gasteiger partial charge is 0.399 e. The van der Waals surface area contributed by atoms with E-state index in [2.05, 4.69) is 18.2 Å². The van der Waals surface area contributed by atoms with Gasteiger partial charge in [-0.3, -0.25) is 0 Å². The molecular formula is C22H15ClN4. The van der Waals surface area contributed by atoms with Gasteiger partial charge in [-0.15, -0.1) is 0 Å². The van der Waals surface area contributed by atoms with E-state index in [0.29, 0.717) is 10.6 Å². The van der Waals surface area contributed by atoms with Gasteiger partial charge in [0.15, 0.2) is 5.41 Å². The molecule has 1 aliphatic carbocycles. The predicted molar refractivity (Wildman–Crippen MR) is 104 cm³/mol. The molecule has 3 rings (SSSR count). The second kappa shape index (κ2) is 7.00. The van der Waals surface area contributed by atoms with E-state index in [0.717, 1.165) is 16.7 Å². The van der Waals surface area contributed by atoms with Crippen LogP contribution in [0.1, 0.15) is 22.6 Å². The first-order valence-electron chi connectivity index (χ1n) is 8.24. The first-order chi connectivity index (χ1) is 13.0. The number of benzene rings is 2. The summed E-state index contributed by atoms with van der Waals surface area (Å²) >= 11 is 5.98. The van der Waals surface area contributed by atoms with Crippen LogP contribution in [-0.4, -0.2) is 0 Å². The van der Waals surface area contributed by atoms with E-state index in [9.17, 15) is 15.8 Å². The lowest BCUT2D eigenvalue weighted by atomic mass is 9.65. The van der Waals surface area contributed by atoms with Gasteiger partial charge in [0, 0.05) is 10.9 Å². The molecular weight excluding hydrogens is 356 g/mol. The van der Waals surface area contributed by atoms with Crippen molar-refractivity contribution in [2.45, 2.75) is 12.8 Å². The van der Waals surface area contributed by atoms with Crippen LogP contribution in [0.15, 0.2) is 65.9 Å². The van der Waals surface area contributed by atoms with E-state index in [1.54, 1.807) is 30.3 Å². The molecule has 1 atom stereocenters. The lowest BCUT2D eigenvalue weighted by Gasteiger charge is -2.33. The topological polar surface area (TPSA) is 97.4 Å². The van der Waals surface area contributed by atoms with Gasteiger partial charge in [-0.1, -0.05) is 59.6 Å². The molecule has 0 heterocycles. The summed E-state index contributed by atoms with van der Waals surface area (Å²) in [5, 5.41) is 30.0. The molecule has 0 spiro atoms. The molecule has 0 saturated heterocycles. The number of halogens is 1. The smallest absolute Gasteiger partial charge is 0.194 e. The fraction of sp³-hybridized carbons (Fsp3) is 0.136. The predicted octanol–water partition coefficient (Wildman–Crippen LogP) is 4.60. The third-order valence-corrected chi connectivity index (χ3v) is 5.07. The van der Waals surface area contributed by atoms with Crippen molar-refractivity contribution < 1.29 is 0 Å². The van der Waals surface area contributed by atoms with Crippen molar-refractivity contribution in [2.24, 2.45) is 11.1 Å². The van der Waals surface area contributed by atoms with E-state index in [1.807, 2.05) is 31.2 Å². The highest BCUT2D eigenvalue weighted by Gasteiger charge is 2.47. The van der Waals surface area contributed by atoms with Crippen LogP contribution in [0.3, 0.4) is 0 Å². The van der Waals surface area contributed by atoms with Crippen molar-refractivity contribution in [3.63, 3.8) is 0 Å². The van der Waals surface area contributed by atoms with Crippen molar-refractivity contribution in [1.82, 2.24) is 0 Å². The van der Waals surface area contributed by atoms with Crippen LogP contribution in [0.25, 0.3) is 5.57 Å². The van der Waals surface area contributed by atoms with Crippen molar-refractivity contribution in [2.75, 3.05) is 0 Å². The monoisotopic (exact) mass is 370 g/mol. The summed E-state index contributed by atoms with van der Waals surface area (Å²) in [5.41, 5.74) is 7.98. The quantitative estimate of drug-likeness (QED) is 0.835. The van der Waals surface area contributed by atoms with Gasteiger partial charge in [-0.25, -0.2) is 0 Å². The number of aryl methyl sites for hydroxylation is 1. The number of rotatable bonds is 2. The Kier molecular flexibility index (Phi) is 4.74. The molecule has 1 aliphatic rings. The van der Waals surface area contributed by atoms with E-state index < -0.39 is 11.3 Å². The molecule has 130 valence electrons. The Bertz CT molecular complexity index is 1060. The Morgan fingerprint density at radius 2 is 1.56 bits per heavy atom. The van der Waals surface area contributed by atoms with Crippen molar-refractivity contribution in [1.29, 1.82) is 15.8 Å². The van der Waals surface area contributed by atoms with Gasteiger partial charge in [-0.05, 0) is 35.8 Å². The minimum absolute atomic E-state index is 0.0203. The van der Waals surface area contributed by atoms with Gasteiger partial charge >= 0.3 is 0 Å². The zero-order valence-corrected chi connectivity index (χ0v) is 15.3. The average molecular weight is 371 g/mol. The van der Waals surface area contributed by atoms with E-state index in [-0.39, 0.29) is 11.3 Å². The van der Waals surface area contributed by atoms with Crippen LogP contribution in [0, 0.1) is 46.3 Å². The third-order valence-electron chi connectivity index (χ3n) is 4.82.